The molecule has 1 aromatic heterocycles. The number of rotatable bonds is 5. The van der Waals surface area contributed by atoms with Gasteiger partial charge in [-0.05, 0) is 38.6 Å². The van der Waals surface area contributed by atoms with Crippen LogP contribution in [-0.2, 0) is 0 Å². The number of likely N-dealkylation sites (N-methyl/N-ethyl adjacent to an activating group) is 1. The van der Waals surface area contributed by atoms with Crippen LogP contribution in [-0.4, -0.2) is 22.6 Å². The summed E-state index contributed by atoms with van der Waals surface area (Å²) in [5, 5.41) is 3.34. The van der Waals surface area contributed by atoms with E-state index in [1.54, 1.807) is 12.1 Å². The van der Waals surface area contributed by atoms with Crippen LogP contribution in [0.2, 0.25) is 0 Å². The van der Waals surface area contributed by atoms with Gasteiger partial charge < -0.3 is 9.88 Å². The molecular weight excluding hydrogens is 241 g/mol. The van der Waals surface area contributed by atoms with Gasteiger partial charge in [0.2, 0.25) is 0 Å². The summed E-state index contributed by atoms with van der Waals surface area (Å²) in [6.45, 7) is 10.3. The number of imidazole rings is 1. The van der Waals surface area contributed by atoms with Gasteiger partial charge in [0.05, 0.1) is 11.0 Å². The van der Waals surface area contributed by atoms with Gasteiger partial charge in [0.1, 0.15) is 11.6 Å². The third kappa shape index (κ3) is 2.78. The van der Waals surface area contributed by atoms with Gasteiger partial charge in [-0.2, -0.15) is 0 Å². The molecule has 0 aliphatic heterocycles. The molecule has 1 N–H and O–H groups in total. The molecule has 0 aliphatic carbocycles. The van der Waals surface area contributed by atoms with Gasteiger partial charge in [-0.3, -0.25) is 0 Å². The molecule has 0 bridgehead atoms. The average Bonchev–Trinajstić information content (AvgIpc) is 2.74. The minimum Gasteiger partial charge on any atom is -0.325 e. The fourth-order valence-electron chi connectivity index (χ4n) is 2.43. The van der Waals surface area contributed by atoms with E-state index in [-0.39, 0.29) is 11.9 Å². The number of halogens is 1. The molecule has 0 aliphatic rings. The van der Waals surface area contributed by atoms with Crippen LogP contribution in [0.4, 0.5) is 4.39 Å². The van der Waals surface area contributed by atoms with Gasteiger partial charge in [-0.25, -0.2) is 9.37 Å². The van der Waals surface area contributed by atoms with Gasteiger partial charge in [-0.1, -0.05) is 13.8 Å². The molecule has 0 spiro atoms. The summed E-state index contributed by atoms with van der Waals surface area (Å²) in [6, 6.07) is 5.07. The van der Waals surface area contributed by atoms with Gasteiger partial charge in [0, 0.05) is 18.5 Å². The van der Waals surface area contributed by atoms with E-state index in [0.29, 0.717) is 5.92 Å². The van der Waals surface area contributed by atoms with Crippen molar-refractivity contribution in [3.8, 4) is 0 Å². The maximum Gasteiger partial charge on any atom is 0.125 e. The highest BCUT2D eigenvalue weighted by atomic mass is 19.1. The van der Waals surface area contributed by atoms with E-state index in [4.69, 9.17) is 0 Å². The van der Waals surface area contributed by atoms with Crippen LogP contribution in [0.3, 0.4) is 0 Å². The van der Waals surface area contributed by atoms with Crippen LogP contribution in [0.25, 0.3) is 11.0 Å². The lowest BCUT2D eigenvalue weighted by molar-refractivity contribution is 0.529. The Bertz CT molecular complexity index is 560. The predicted molar refractivity (Wildman–Crippen MR) is 77.0 cm³/mol. The van der Waals surface area contributed by atoms with E-state index in [1.807, 2.05) is 0 Å². The Labute approximate surface area is 113 Å². The Morgan fingerprint density at radius 2 is 2.05 bits per heavy atom. The standard InChI is InChI=1S/C15H22FN3/c1-5-17-9-11(4)15-18-13-7-6-12(16)8-14(13)19(15)10(2)3/h6-8,10-11,17H,5,9H2,1-4H3. The minimum atomic E-state index is -0.208. The highest BCUT2D eigenvalue weighted by Crippen LogP contribution is 2.26. The number of nitrogens with one attached hydrogen (secondary N) is 1. The van der Waals surface area contributed by atoms with Crippen molar-refractivity contribution in [2.24, 2.45) is 0 Å². The molecular formula is C15H22FN3. The van der Waals surface area contributed by atoms with E-state index in [9.17, 15) is 4.39 Å². The van der Waals surface area contributed by atoms with Crippen molar-refractivity contribution < 1.29 is 4.39 Å². The zero-order chi connectivity index (χ0) is 14.0. The summed E-state index contributed by atoms with van der Waals surface area (Å²) in [5.41, 5.74) is 1.75. The van der Waals surface area contributed by atoms with Crippen molar-refractivity contribution in [3.05, 3.63) is 29.8 Å². The zero-order valence-electron chi connectivity index (χ0n) is 12.1. The Balaban J connectivity index is 2.50. The third-order valence-corrected chi connectivity index (χ3v) is 3.34. The highest BCUT2D eigenvalue weighted by Gasteiger charge is 2.18. The van der Waals surface area contributed by atoms with E-state index >= 15 is 0 Å². The Hall–Kier alpha value is -1.42. The Kier molecular flexibility index (Phi) is 4.20. The SMILES string of the molecule is CCNCC(C)c1nc2ccc(F)cc2n1C(C)C. The largest absolute Gasteiger partial charge is 0.325 e. The summed E-state index contributed by atoms with van der Waals surface area (Å²) < 4.78 is 15.6. The van der Waals surface area contributed by atoms with Gasteiger partial charge >= 0.3 is 0 Å². The quantitative estimate of drug-likeness (QED) is 0.895. The van der Waals surface area contributed by atoms with Crippen molar-refractivity contribution in [2.75, 3.05) is 13.1 Å². The number of hydrogen-bond acceptors (Lipinski definition) is 2. The fourth-order valence-corrected chi connectivity index (χ4v) is 2.43. The summed E-state index contributed by atoms with van der Waals surface area (Å²) in [5.74, 6) is 1.12. The topological polar surface area (TPSA) is 29.9 Å². The minimum absolute atomic E-state index is 0.208. The maximum atomic E-state index is 13.4. The lowest BCUT2D eigenvalue weighted by Gasteiger charge is -2.17. The molecule has 0 radical (unpaired) electrons. The van der Waals surface area contributed by atoms with Crippen LogP contribution in [0.15, 0.2) is 18.2 Å². The molecule has 1 aromatic carbocycles. The molecule has 1 atom stereocenters. The smallest absolute Gasteiger partial charge is 0.125 e. The molecule has 1 heterocycles. The molecule has 0 saturated carbocycles. The molecule has 1 unspecified atom stereocenters. The van der Waals surface area contributed by atoms with Gasteiger partial charge in [0.25, 0.3) is 0 Å². The molecule has 104 valence electrons. The number of benzene rings is 1. The van der Waals surface area contributed by atoms with E-state index in [1.165, 1.54) is 6.07 Å². The molecule has 3 nitrogen and oxygen atoms in total. The number of hydrogen-bond donors (Lipinski definition) is 1. The van der Waals surface area contributed by atoms with E-state index < -0.39 is 0 Å². The first-order valence-corrected chi connectivity index (χ1v) is 6.92. The first kappa shape index (κ1) is 14.0. The van der Waals surface area contributed by atoms with Crippen molar-refractivity contribution in [1.29, 1.82) is 0 Å². The van der Waals surface area contributed by atoms with Gasteiger partial charge in [0.15, 0.2) is 0 Å². The monoisotopic (exact) mass is 263 g/mol. The van der Waals surface area contributed by atoms with E-state index in [2.05, 4.69) is 42.6 Å². The molecule has 2 aromatic rings. The first-order chi connectivity index (χ1) is 9.04. The molecule has 0 amide bonds. The Morgan fingerprint density at radius 3 is 2.68 bits per heavy atom. The molecule has 0 saturated heterocycles. The summed E-state index contributed by atoms with van der Waals surface area (Å²) >= 11 is 0. The predicted octanol–water partition coefficient (Wildman–Crippen LogP) is 3.47. The number of nitrogens with zero attached hydrogens (tertiary/aromatic N) is 2. The fraction of sp³-hybridized carbons (Fsp3) is 0.533. The second-order valence-corrected chi connectivity index (χ2v) is 5.28. The number of fused-ring (bicyclic) bond motifs is 1. The summed E-state index contributed by atoms with van der Waals surface area (Å²) in [7, 11) is 0. The summed E-state index contributed by atoms with van der Waals surface area (Å²) in [6.07, 6.45) is 0. The molecule has 4 heteroatoms. The first-order valence-electron chi connectivity index (χ1n) is 6.92. The van der Waals surface area contributed by atoms with Crippen molar-refractivity contribution >= 4 is 11.0 Å². The van der Waals surface area contributed by atoms with Crippen LogP contribution < -0.4 is 5.32 Å². The van der Waals surface area contributed by atoms with Crippen molar-refractivity contribution in [1.82, 2.24) is 14.9 Å². The second-order valence-electron chi connectivity index (χ2n) is 5.28. The van der Waals surface area contributed by atoms with Crippen molar-refractivity contribution in [3.63, 3.8) is 0 Å². The molecule has 2 rings (SSSR count). The van der Waals surface area contributed by atoms with Crippen LogP contribution >= 0.6 is 0 Å². The lowest BCUT2D eigenvalue weighted by Crippen LogP contribution is -2.22. The molecule has 0 fully saturated rings. The second kappa shape index (κ2) is 5.70. The molecule has 19 heavy (non-hydrogen) atoms. The maximum absolute atomic E-state index is 13.4. The van der Waals surface area contributed by atoms with Crippen LogP contribution in [0.1, 0.15) is 45.5 Å². The number of aromatic nitrogens is 2. The average molecular weight is 263 g/mol. The van der Waals surface area contributed by atoms with Crippen molar-refractivity contribution in [2.45, 2.75) is 39.7 Å². The zero-order valence-corrected chi connectivity index (χ0v) is 12.1. The Morgan fingerprint density at radius 1 is 1.32 bits per heavy atom. The third-order valence-electron chi connectivity index (χ3n) is 3.34. The van der Waals surface area contributed by atoms with Crippen LogP contribution in [0.5, 0.6) is 0 Å². The van der Waals surface area contributed by atoms with E-state index in [0.717, 1.165) is 29.9 Å². The van der Waals surface area contributed by atoms with Crippen LogP contribution in [0, 0.1) is 5.82 Å². The highest BCUT2D eigenvalue weighted by molar-refractivity contribution is 5.76. The van der Waals surface area contributed by atoms with Gasteiger partial charge in [-0.15, -0.1) is 0 Å². The normalized spacial score (nSPS) is 13.4. The lowest BCUT2D eigenvalue weighted by atomic mass is 10.1. The summed E-state index contributed by atoms with van der Waals surface area (Å²) in [4.78, 5) is 4.68.